The molecule has 0 spiro atoms. The Balaban J connectivity index is 1.48. The second-order valence-corrected chi connectivity index (χ2v) is 5.75. The molecule has 0 radical (unpaired) electrons. The zero-order valence-corrected chi connectivity index (χ0v) is 14.0. The maximum absolute atomic E-state index is 11.8. The number of nitrogens with one attached hydrogen (secondary N) is 1. The van der Waals surface area contributed by atoms with Gasteiger partial charge in [-0.25, -0.2) is 0 Å². The van der Waals surface area contributed by atoms with Gasteiger partial charge in [-0.05, 0) is 36.5 Å². The predicted molar refractivity (Wildman–Crippen MR) is 97.8 cm³/mol. The number of amides is 1. The highest BCUT2D eigenvalue weighted by atomic mass is 16.5. The van der Waals surface area contributed by atoms with Crippen LogP contribution < -0.4 is 11.1 Å². The molecule has 0 atom stereocenters. The van der Waals surface area contributed by atoms with Crippen molar-refractivity contribution in [2.24, 2.45) is 0 Å². The van der Waals surface area contributed by atoms with Gasteiger partial charge < -0.3 is 15.8 Å². The number of carbonyl (C=O) groups is 1. The van der Waals surface area contributed by atoms with Crippen LogP contribution in [0.4, 0.5) is 5.69 Å². The molecule has 0 aliphatic rings. The first kappa shape index (κ1) is 18.0. The molecule has 0 heterocycles. The number of nitrogen functional groups attached to an aromatic ring is 1. The smallest absolute Gasteiger partial charge is 0.220 e. The number of ether oxygens (including phenoxy) is 1. The van der Waals surface area contributed by atoms with Gasteiger partial charge in [0.25, 0.3) is 0 Å². The highest BCUT2D eigenvalue weighted by Gasteiger charge is 2.03. The molecule has 0 fully saturated rings. The molecule has 24 heavy (non-hydrogen) atoms. The normalized spacial score (nSPS) is 10.5. The Morgan fingerprint density at radius 3 is 2.50 bits per heavy atom. The molecule has 1 amide bonds. The van der Waals surface area contributed by atoms with Gasteiger partial charge in [-0.2, -0.15) is 0 Å². The summed E-state index contributed by atoms with van der Waals surface area (Å²) in [4.78, 5) is 11.8. The molecule has 0 aromatic heterocycles. The molecule has 0 bridgehead atoms. The SMILES string of the molecule is Nc1ccccc1CCC(=O)NCCCOCCc1ccccc1. The van der Waals surface area contributed by atoms with E-state index >= 15 is 0 Å². The molecule has 3 N–H and O–H groups in total. The van der Waals surface area contributed by atoms with Gasteiger partial charge in [0, 0.05) is 25.3 Å². The Bertz CT molecular complexity index is 614. The first-order valence-corrected chi connectivity index (χ1v) is 8.47. The highest BCUT2D eigenvalue weighted by molar-refractivity contribution is 5.76. The van der Waals surface area contributed by atoms with E-state index in [4.69, 9.17) is 10.5 Å². The standard InChI is InChI=1S/C20H26N2O2/c21-19-10-5-4-9-18(19)11-12-20(23)22-14-6-15-24-16-13-17-7-2-1-3-8-17/h1-5,7-10H,6,11-16,21H2,(H,22,23). The first-order chi connectivity index (χ1) is 11.8. The van der Waals surface area contributed by atoms with Crippen molar-refractivity contribution >= 4 is 11.6 Å². The largest absolute Gasteiger partial charge is 0.399 e. The lowest BCUT2D eigenvalue weighted by molar-refractivity contribution is -0.121. The Labute approximate surface area is 144 Å². The van der Waals surface area contributed by atoms with Gasteiger partial charge >= 0.3 is 0 Å². The minimum Gasteiger partial charge on any atom is -0.399 e. The van der Waals surface area contributed by atoms with Crippen LogP contribution in [0.2, 0.25) is 0 Å². The van der Waals surface area contributed by atoms with Gasteiger partial charge in [-0.3, -0.25) is 4.79 Å². The number of aryl methyl sites for hydroxylation is 1. The van der Waals surface area contributed by atoms with Crippen molar-refractivity contribution in [3.05, 3.63) is 65.7 Å². The molecular formula is C20H26N2O2. The summed E-state index contributed by atoms with van der Waals surface area (Å²) < 4.78 is 5.60. The first-order valence-electron chi connectivity index (χ1n) is 8.47. The van der Waals surface area contributed by atoms with Crippen molar-refractivity contribution in [1.82, 2.24) is 5.32 Å². The van der Waals surface area contributed by atoms with Crippen LogP contribution in [0.15, 0.2) is 54.6 Å². The monoisotopic (exact) mass is 326 g/mol. The highest BCUT2D eigenvalue weighted by Crippen LogP contribution is 2.12. The summed E-state index contributed by atoms with van der Waals surface area (Å²) in [6.45, 7) is 2.03. The molecule has 0 saturated carbocycles. The maximum Gasteiger partial charge on any atom is 0.220 e. The molecule has 0 unspecified atom stereocenters. The van der Waals surface area contributed by atoms with E-state index in [9.17, 15) is 4.79 Å². The van der Waals surface area contributed by atoms with E-state index in [2.05, 4.69) is 17.4 Å². The van der Waals surface area contributed by atoms with E-state index in [0.717, 1.165) is 24.1 Å². The third-order valence-corrected chi connectivity index (χ3v) is 3.84. The summed E-state index contributed by atoms with van der Waals surface area (Å²) in [5.41, 5.74) is 8.92. The minimum atomic E-state index is 0.0579. The third kappa shape index (κ3) is 6.84. The van der Waals surface area contributed by atoms with Gasteiger partial charge in [0.2, 0.25) is 5.91 Å². The fourth-order valence-corrected chi connectivity index (χ4v) is 2.44. The number of carbonyl (C=O) groups excluding carboxylic acids is 1. The number of nitrogens with two attached hydrogens (primary N) is 1. The molecule has 0 aliphatic carbocycles. The molecule has 4 heteroatoms. The number of rotatable bonds is 10. The van der Waals surface area contributed by atoms with Crippen molar-refractivity contribution in [3.63, 3.8) is 0 Å². The van der Waals surface area contributed by atoms with Gasteiger partial charge in [-0.15, -0.1) is 0 Å². The molecule has 0 aliphatic heterocycles. The van der Waals surface area contributed by atoms with Crippen LogP contribution in [-0.4, -0.2) is 25.7 Å². The van der Waals surface area contributed by atoms with E-state index in [0.29, 0.717) is 32.6 Å². The lowest BCUT2D eigenvalue weighted by atomic mass is 10.1. The number of benzene rings is 2. The molecule has 0 saturated heterocycles. The quantitative estimate of drug-likeness (QED) is 0.521. The minimum absolute atomic E-state index is 0.0579. The fraction of sp³-hybridized carbons (Fsp3) is 0.350. The average Bonchev–Trinajstić information content (AvgIpc) is 2.61. The van der Waals surface area contributed by atoms with Crippen LogP contribution in [0.3, 0.4) is 0 Å². The Kier molecular flexibility index (Phi) is 7.84. The van der Waals surface area contributed by atoms with Crippen molar-refractivity contribution in [1.29, 1.82) is 0 Å². The molecule has 2 aromatic carbocycles. The van der Waals surface area contributed by atoms with Crippen LogP contribution >= 0.6 is 0 Å². The number of hydrogen-bond acceptors (Lipinski definition) is 3. The average molecular weight is 326 g/mol. The summed E-state index contributed by atoms with van der Waals surface area (Å²) in [5, 5.41) is 2.92. The molecule has 128 valence electrons. The number of anilines is 1. The number of hydrogen-bond donors (Lipinski definition) is 2. The van der Waals surface area contributed by atoms with E-state index in [1.807, 2.05) is 42.5 Å². The second kappa shape index (κ2) is 10.4. The van der Waals surface area contributed by atoms with E-state index in [1.54, 1.807) is 0 Å². The van der Waals surface area contributed by atoms with Crippen LogP contribution in [-0.2, 0) is 22.4 Å². The fourth-order valence-electron chi connectivity index (χ4n) is 2.44. The predicted octanol–water partition coefficient (Wildman–Crippen LogP) is 2.97. The van der Waals surface area contributed by atoms with E-state index < -0.39 is 0 Å². The van der Waals surface area contributed by atoms with E-state index in [-0.39, 0.29) is 5.91 Å². The van der Waals surface area contributed by atoms with E-state index in [1.165, 1.54) is 5.56 Å². The van der Waals surface area contributed by atoms with Crippen molar-refractivity contribution < 1.29 is 9.53 Å². The van der Waals surface area contributed by atoms with Gasteiger partial charge in [0.15, 0.2) is 0 Å². The van der Waals surface area contributed by atoms with Gasteiger partial charge in [0.1, 0.15) is 0 Å². The third-order valence-electron chi connectivity index (χ3n) is 3.84. The van der Waals surface area contributed by atoms with Crippen molar-refractivity contribution in [3.8, 4) is 0 Å². The van der Waals surface area contributed by atoms with Crippen molar-refractivity contribution in [2.45, 2.75) is 25.7 Å². The Hall–Kier alpha value is -2.33. The molecular weight excluding hydrogens is 300 g/mol. The van der Waals surface area contributed by atoms with Crippen LogP contribution in [0.1, 0.15) is 24.0 Å². The van der Waals surface area contributed by atoms with Crippen molar-refractivity contribution in [2.75, 3.05) is 25.5 Å². The number of para-hydroxylation sites is 1. The zero-order chi connectivity index (χ0) is 17.0. The zero-order valence-electron chi connectivity index (χ0n) is 14.0. The Morgan fingerprint density at radius 1 is 0.958 bits per heavy atom. The molecule has 2 rings (SSSR count). The van der Waals surface area contributed by atoms with Crippen LogP contribution in [0.25, 0.3) is 0 Å². The summed E-state index contributed by atoms with van der Waals surface area (Å²) in [6, 6.07) is 17.9. The van der Waals surface area contributed by atoms with Crippen LogP contribution in [0, 0.1) is 0 Å². The lowest BCUT2D eigenvalue weighted by Gasteiger charge is -2.07. The topological polar surface area (TPSA) is 64.4 Å². The molecule has 2 aromatic rings. The molecule has 4 nitrogen and oxygen atoms in total. The van der Waals surface area contributed by atoms with Gasteiger partial charge in [-0.1, -0.05) is 48.5 Å². The second-order valence-electron chi connectivity index (χ2n) is 5.75. The summed E-state index contributed by atoms with van der Waals surface area (Å²) in [7, 11) is 0. The summed E-state index contributed by atoms with van der Waals surface area (Å²) in [6.07, 6.45) is 2.88. The summed E-state index contributed by atoms with van der Waals surface area (Å²) in [5.74, 6) is 0.0579. The van der Waals surface area contributed by atoms with Crippen LogP contribution in [0.5, 0.6) is 0 Å². The Morgan fingerprint density at radius 2 is 1.71 bits per heavy atom. The maximum atomic E-state index is 11.8. The lowest BCUT2D eigenvalue weighted by Crippen LogP contribution is -2.25. The summed E-state index contributed by atoms with van der Waals surface area (Å²) >= 11 is 0. The van der Waals surface area contributed by atoms with Gasteiger partial charge in [0.05, 0.1) is 6.61 Å².